The van der Waals surface area contributed by atoms with Crippen molar-refractivity contribution < 1.29 is 23.8 Å². The first-order valence-corrected chi connectivity index (χ1v) is 8.56. The van der Waals surface area contributed by atoms with Gasteiger partial charge in [0.25, 0.3) is 5.91 Å². The van der Waals surface area contributed by atoms with Crippen LogP contribution in [0.25, 0.3) is 11.0 Å². The molecule has 7 heteroatoms. The maximum Gasteiger partial charge on any atom is 0.336 e. The number of carbonyl (C=O) groups is 2. The quantitative estimate of drug-likeness (QED) is 0.700. The fraction of sp³-hybridized carbons (Fsp3) is 0.421. The summed E-state index contributed by atoms with van der Waals surface area (Å²) < 4.78 is 11.0. The lowest BCUT2D eigenvalue weighted by Crippen LogP contribution is -2.37. The molecule has 2 aromatic rings. The van der Waals surface area contributed by atoms with Crippen LogP contribution in [0.2, 0.25) is 0 Å². The van der Waals surface area contributed by atoms with Crippen molar-refractivity contribution in [2.75, 3.05) is 6.54 Å². The average Bonchev–Trinajstić information content (AvgIpc) is 2.57. The van der Waals surface area contributed by atoms with Crippen LogP contribution in [0.5, 0.6) is 5.75 Å². The van der Waals surface area contributed by atoms with Gasteiger partial charge in [-0.25, -0.2) is 4.79 Å². The molecule has 0 aliphatic carbocycles. The van der Waals surface area contributed by atoms with Crippen LogP contribution in [-0.4, -0.2) is 29.6 Å². The molecule has 0 saturated carbocycles. The van der Waals surface area contributed by atoms with Crippen molar-refractivity contribution in [2.24, 2.45) is 0 Å². The van der Waals surface area contributed by atoms with Gasteiger partial charge in [-0.05, 0) is 38.0 Å². The number of aryl methyl sites for hydroxylation is 2. The molecule has 0 bridgehead atoms. The Labute approximate surface area is 151 Å². The number of ether oxygens (including phenoxy) is 1. The Morgan fingerprint density at radius 3 is 2.73 bits per heavy atom. The smallest absolute Gasteiger partial charge is 0.336 e. The molecular formula is C19H23NO6. The number of rotatable bonds is 8. The van der Waals surface area contributed by atoms with Crippen LogP contribution in [0.15, 0.2) is 27.4 Å². The monoisotopic (exact) mass is 361 g/mol. The second-order valence-corrected chi connectivity index (χ2v) is 6.10. The van der Waals surface area contributed by atoms with Gasteiger partial charge in [-0.1, -0.05) is 13.3 Å². The molecule has 26 heavy (non-hydrogen) atoms. The summed E-state index contributed by atoms with van der Waals surface area (Å²) in [5, 5.41) is 12.0. The SMILES string of the molecule is CCCc1cc(=O)oc2c(C)c(OC(C)C(=O)NCCC(=O)O)ccc12. The molecule has 2 N–H and O–H groups in total. The van der Waals surface area contributed by atoms with Crippen molar-refractivity contribution in [1.82, 2.24) is 5.32 Å². The van der Waals surface area contributed by atoms with Gasteiger partial charge in [0.1, 0.15) is 11.3 Å². The van der Waals surface area contributed by atoms with E-state index in [1.807, 2.05) is 13.0 Å². The lowest BCUT2D eigenvalue weighted by molar-refractivity contribution is -0.137. The standard InChI is InChI=1S/C19H23NO6/c1-4-5-13-10-17(23)26-18-11(2)15(7-6-14(13)18)25-12(3)19(24)20-9-8-16(21)22/h6-7,10,12H,4-5,8-9H2,1-3H3,(H,20,24)(H,21,22). The first-order chi connectivity index (χ1) is 12.3. The molecule has 0 radical (unpaired) electrons. The number of hydrogen-bond acceptors (Lipinski definition) is 5. The predicted molar refractivity (Wildman–Crippen MR) is 96.6 cm³/mol. The van der Waals surface area contributed by atoms with Crippen molar-refractivity contribution in [3.63, 3.8) is 0 Å². The molecule has 0 fully saturated rings. The molecule has 0 saturated heterocycles. The van der Waals surface area contributed by atoms with Gasteiger partial charge >= 0.3 is 11.6 Å². The molecule has 1 amide bonds. The highest BCUT2D eigenvalue weighted by atomic mass is 16.5. The van der Waals surface area contributed by atoms with E-state index in [1.165, 1.54) is 6.07 Å². The zero-order valence-electron chi connectivity index (χ0n) is 15.1. The minimum absolute atomic E-state index is 0.0355. The summed E-state index contributed by atoms with van der Waals surface area (Å²) in [5.41, 5.74) is 1.60. The number of aliphatic carboxylic acids is 1. The number of carbonyl (C=O) groups excluding carboxylic acids is 1. The molecule has 1 aromatic carbocycles. The summed E-state index contributed by atoms with van der Waals surface area (Å²) in [5.74, 6) is -0.954. The minimum Gasteiger partial charge on any atom is -0.481 e. The van der Waals surface area contributed by atoms with Crippen molar-refractivity contribution in [3.05, 3.63) is 39.7 Å². The van der Waals surface area contributed by atoms with Crippen LogP contribution in [0, 0.1) is 6.92 Å². The molecule has 1 unspecified atom stereocenters. The van der Waals surface area contributed by atoms with Crippen molar-refractivity contribution in [2.45, 2.75) is 46.1 Å². The van der Waals surface area contributed by atoms with Crippen molar-refractivity contribution in [3.8, 4) is 5.75 Å². The van der Waals surface area contributed by atoms with Gasteiger partial charge in [0.2, 0.25) is 0 Å². The minimum atomic E-state index is -0.984. The Morgan fingerprint density at radius 1 is 1.35 bits per heavy atom. The molecule has 1 heterocycles. The van der Waals surface area contributed by atoms with Gasteiger partial charge in [-0.2, -0.15) is 0 Å². The number of nitrogens with one attached hydrogen (secondary N) is 1. The molecule has 140 valence electrons. The van der Waals surface area contributed by atoms with E-state index >= 15 is 0 Å². The highest BCUT2D eigenvalue weighted by Crippen LogP contribution is 2.29. The Morgan fingerprint density at radius 2 is 2.08 bits per heavy atom. The molecule has 1 atom stereocenters. The number of fused-ring (bicyclic) bond motifs is 1. The summed E-state index contributed by atoms with van der Waals surface area (Å²) in [7, 11) is 0. The van der Waals surface area contributed by atoms with Crippen molar-refractivity contribution >= 4 is 22.8 Å². The average molecular weight is 361 g/mol. The highest BCUT2D eigenvalue weighted by Gasteiger charge is 2.18. The Hall–Kier alpha value is -2.83. The first kappa shape index (κ1) is 19.5. The van der Waals surface area contributed by atoms with Gasteiger partial charge in [0.05, 0.1) is 6.42 Å². The van der Waals surface area contributed by atoms with E-state index in [0.717, 1.165) is 23.8 Å². The molecule has 0 aliphatic rings. The summed E-state index contributed by atoms with van der Waals surface area (Å²) in [4.78, 5) is 34.3. The van der Waals surface area contributed by atoms with Crippen molar-refractivity contribution in [1.29, 1.82) is 0 Å². The van der Waals surface area contributed by atoms with E-state index in [2.05, 4.69) is 5.32 Å². The fourth-order valence-electron chi connectivity index (χ4n) is 2.69. The predicted octanol–water partition coefficient (Wildman–Crippen LogP) is 2.41. The van der Waals surface area contributed by atoms with Crippen LogP contribution < -0.4 is 15.7 Å². The topological polar surface area (TPSA) is 106 Å². The maximum absolute atomic E-state index is 12.0. The summed E-state index contributed by atoms with van der Waals surface area (Å²) in [6, 6.07) is 5.07. The third-order valence-corrected chi connectivity index (χ3v) is 4.03. The molecule has 2 rings (SSSR count). The number of carboxylic acid groups (broad SMARTS) is 1. The van der Waals surface area contributed by atoms with E-state index in [0.29, 0.717) is 16.9 Å². The largest absolute Gasteiger partial charge is 0.481 e. The number of benzene rings is 1. The Bertz CT molecular complexity index is 870. The summed E-state index contributed by atoms with van der Waals surface area (Å²) in [6.07, 6.45) is 0.706. The van der Waals surface area contributed by atoms with E-state index in [4.69, 9.17) is 14.3 Å². The Balaban J connectivity index is 2.22. The maximum atomic E-state index is 12.0. The van der Waals surface area contributed by atoms with E-state index in [1.54, 1.807) is 19.9 Å². The third-order valence-electron chi connectivity index (χ3n) is 4.03. The number of hydrogen-bond donors (Lipinski definition) is 2. The van der Waals surface area contributed by atoms with Gasteiger partial charge in [-0.15, -0.1) is 0 Å². The molecule has 7 nitrogen and oxygen atoms in total. The number of amides is 1. The molecule has 0 spiro atoms. The molecular weight excluding hydrogens is 338 g/mol. The number of carboxylic acids is 1. The van der Waals surface area contributed by atoms with Crippen LogP contribution in [-0.2, 0) is 16.0 Å². The van der Waals surface area contributed by atoms with Crippen LogP contribution >= 0.6 is 0 Å². The van der Waals surface area contributed by atoms with Crippen LogP contribution in [0.3, 0.4) is 0 Å². The first-order valence-electron chi connectivity index (χ1n) is 8.56. The summed E-state index contributed by atoms with van der Waals surface area (Å²) >= 11 is 0. The van der Waals surface area contributed by atoms with Gasteiger partial charge in [0.15, 0.2) is 6.10 Å². The van der Waals surface area contributed by atoms with E-state index < -0.39 is 23.6 Å². The van der Waals surface area contributed by atoms with Gasteiger partial charge in [0, 0.05) is 23.6 Å². The van der Waals surface area contributed by atoms with Gasteiger partial charge in [-0.3, -0.25) is 9.59 Å². The zero-order chi connectivity index (χ0) is 19.3. The lowest BCUT2D eigenvalue weighted by Gasteiger charge is -2.17. The lowest BCUT2D eigenvalue weighted by atomic mass is 10.0. The second-order valence-electron chi connectivity index (χ2n) is 6.10. The van der Waals surface area contributed by atoms with E-state index in [-0.39, 0.29) is 13.0 Å². The molecule has 0 aliphatic heterocycles. The fourth-order valence-corrected chi connectivity index (χ4v) is 2.69. The van der Waals surface area contributed by atoms with Gasteiger partial charge < -0.3 is 19.6 Å². The zero-order valence-corrected chi connectivity index (χ0v) is 15.1. The normalized spacial score (nSPS) is 12.0. The highest BCUT2D eigenvalue weighted by molar-refractivity contribution is 5.85. The van der Waals surface area contributed by atoms with Crippen LogP contribution in [0.1, 0.15) is 37.8 Å². The van der Waals surface area contributed by atoms with E-state index in [9.17, 15) is 14.4 Å². The second kappa shape index (κ2) is 8.51. The summed E-state index contributed by atoms with van der Waals surface area (Å²) in [6.45, 7) is 5.41. The Kier molecular flexibility index (Phi) is 6.38. The van der Waals surface area contributed by atoms with Crippen LogP contribution in [0.4, 0.5) is 0 Å². The molecule has 1 aromatic heterocycles. The third kappa shape index (κ3) is 4.62.